The van der Waals surface area contributed by atoms with Gasteiger partial charge >= 0.3 is 0 Å². The molecule has 2 heterocycles. The van der Waals surface area contributed by atoms with E-state index in [1.165, 1.54) is 12.1 Å². The lowest BCUT2D eigenvalue weighted by molar-refractivity contribution is 0.259. The molecule has 0 aromatic heterocycles. The van der Waals surface area contributed by atoms with E-state index in [-0.39, 0.29) is 29.8 Å². The molecule has 1 aromatic rings. The Balaban J connectivity index is 0.00000243. The van der Waals surface area contributed by atoms with Crippen molar-refractivity contribution in [1.82, 2.24) is 15.1 Å². The second kappa shape index (κ2) is 10.2. The van der Waals surface area contributed by atoms with Crippen LogP contribution in [0.3, 0.4) is 0 Å². The lowest BCUT2D eigenvalue weighted by atomic mass is 10.1. The van der Waals surface area contributed by atoms with Crippen molar-refractivity contribution in [2.45, 2.75) is 25.8 Å². The summed E-state index contributed by atoms with van der Waals surface area (Å²) in [6.45, 7) is 7.27. The summed E-state index contributed by atoms with van der Waals surface area (Å²) in [5, 5.41) is 3.32. The molecule has 1 aromatic carbocycles. The number of guanidine groups is 1. The Bertz CT molecular complexity index is 642. The number of hydrogen-bond donors (Lipinski definition) is 1. The number of likely N-dealkylation sites (tertiary alicyclic amines) is 1. The number of benzene rings is 1. The molecule has 1 fully saturated rings. The molecule has 1 unspecified atom stereocenters. The summed E-state index contributed by atoms with van der Waals surface area (Å²) in [7, 11) is 0. The molecular formula is C19H27F2IN4. The van der Waals surface area contributed by atoms with Gasteiger partial charge in [-0.2, -0.15) is 0 Å². The number of aliphatic imine (C=N–C) groups is 1. The lowest BCUT2D eigenvalue weighted by Gasteiger charge is -2.25. The Morgan fingerprint density at radius 2 is 2.04 bits per heavy atom. The average molecular weight is 476 g/mol. The van der Waals surface area contributed by atoms with Crippen molar-refractivity contribution in [3.8, 4) is 0 Å². The first-order chi connectivity index (χ1) is 12.2. The Hall–Kier alpha value is -1.22. The van der Waals surface area contributed by atoms with Gasteiger partial charge in [0.05, 0.1) is 0 Å². The molecule has 1 atom stereocenters. The van der Waals surface area contributed by atoms with Gasteiger partial charge in [-0.1, -0.05) is 12.2 Å². The smallest absolute Gasteiger partial charge is 0.193 e. The van der Waals surface area contributed by atoms with Crippen molar-refractivity contribution in [3.63, 3.8) is 0 Å². The number of nitrogens with one attached hydrogen (secondary N) is 1. The zero-order valence-corrected chi connectivity index (χ0v) is 17.5. The number of halogens is 3. The molecule has 0 amide bonds. The molecule has 0 aliphatic carbocycles. The molecule has 1 saturated heterocycles. The van der Waals surface area contributed by atoms with Gasteiger partial charge in [-0.25, -0.2) is 8.78 Å². The van der Waals surface area contributed by atoms with Gasteiger partial charge in [0, 0.05) is 45.3 Å². The summed E-state index contributed by atoms with van der Waals surface area (Å²) in [4.78, 5) is 9.38. The predicted octanol–water partition coefficient (Wildman–Crippen LogP) is 3.04. The predicted molar refractivity (Wildman–Crippen MR) is 112 cm³/mol. The lowest BCUT2D eigenvalue weighted by Crippen LogP contribution is -2.43. The topological polar surface area (TPSA) is 30.9 Å². The summed E-state index contributed by atoms with van der Waals surface area (Å²) in [6, 6.07) is 4.13. The molecule has 2 aliphatic rings. The van der Waals surface area contributed by atoms with Gasteiger partial charge < -0.3 is 10.2 Å². The Kier molecular flexibility index (Phi) is 8.27. The van der Waals surface area contributed by atoms with Gasteiger partial charge in [0.1, 0.15) is 11.6 Å². The number of hydrogen-bond acceptors (Lipinski definition) is 2. The minimum absolute atomic E-state index is 0. The van der Waals surface area contributed by atoms with E-state index in [0.717, 1.165) is 51.2 Å². The third-order valence-electron chi connectivity index (χ3n) is 4.81. The van der Waals surface area contributed by atoms with Crippen LogP contribution in [-0.4, -0.2) is 61.1 Å². The molecule has 1 N–H and O–H groups in total. The summed E-state index contributed by atoms with van der Waals surface area (Å²) in [5.74, 6) is 0.0900. The van der Waals surface area contributed by atoms with Gasteiger partial charge in [-0.3, -0.25) is 9.89 Å². The van der Waals surface area contributed by atoms with Crippen molar-refractivity contribution in [1.29, 1.82) is 0 Å². The van der Waals surface area contributed by atoms with Gasteiger partial charge in [0.15, 0.2) is 5.96 Å². The van der Waals surface area contributed by atoms with Crippen molar-refractivity contribution in [2.24, 2.45) is 4.99 Å². The largest absolute Gasteiger partial charge is 0.357 e. The SMILES string of the molecule is CCNC(=NCCc1cc(F)ccc1F)N1CCC(N2CC=CC2)C1.I. The van der Waals surface area contributed by atoms with Crippen molar-refractivity contribution in [2.75, 3.05) is 39.3 Å². The Morgan fingerprint density at radius 1 is 1.27 bits per heavy atom. The molecule has 26 heavy (non-hydrogen) atoms. The van der Waals surface area contributed by atoms with Crippen molar-refractivity contribution in [3.05, 3.63) is 47.5 Å². The Labute approximate surface area is 171 Å². The highest BCUT2D eigenvalue weighted by molar-refractivity contribution is 14.0. The summed E-state index contributed by atoms with van der Waals surface area (Å²) in [5.41, 5.74) is 0.377. The van der Waals surface area contributed by atoms with Crippen LogP contribution in [0.2, 0.25) is 0 Å². The fraction of sp³-hybridized carbons (Fsp3) is 0.526. The van der Waals surface area contributed by atoms with E-state index in [4.69, 9.17) is 0 Å². The van der Waals surface area contributed by atoms with Crippen LogP contribution >= 0.6 is 24.0 Å². The van der Waals surface area contributed by atoms with E-state index in [1.54, 1.807) is 0 Å². The molecule has 3 rings (SSSR count). The molecule has 144 valence electrons. The van der Waals surface area contributed by atoms with Crippen LogP contribution in [0.15, 0.2) is 35.3 Å². The molecular weight excluding hydrogens is 449 g/mol. The van der Waals surface area contributed by atoms with E-state index in [0.29, 0.717) is 24.6 Å². The summed E-state index contributed by atoms with van der Waals surface area (Å²) < 4.78 is 27.0. The average Bonchev–Trinajstić information content (AvgIpc) is 3.28. The van der Waals surface area contributed by atoms with E-state index < -0.39 is 5.82 Å². The monoisotopic (exact) mass is 476 g/mol. The molecule has 0 saturated carbocycles. The Morgan fingerprint density at radius 3 is 2.77 bits per heavy atom. The van der Waals surface area contributed by atoms with Crippen LogP contribution in [0.5, 0.6) is 0 Å². The van der Waals surface area contributed by atoms with Crippen LogP contribution in [0.25, 0.3) is 0 Å². The van der Waals surface area contributed by atoms with Gasteiger partial charge in [-0.15, -0.1) is 24.0 Å². The normalized spacial score (nSPS) is 20.5. The second-order valence-corrected chi connectivity index (χ2v) is 6.54. The van der Waals surface area contributed by atoms with E-state index in [1.807, 2.05) is 6.92 Å². The maximum Gasteiger partial charge on any atom is 0.193 e. The van der Waals surface area contributed by atoms with Crippen molar-refractivity contribution >= 4 is 29.9 Å². The molecule has 4 nitrogen and oxygen atoms in total. The molecule has 7 heteroatoms. The van der Waals surface area contributed by atoms with Crippen molar-refractivity contribution < 1.29 is 8.78 Å². The van der Waals surface area contributed by atoms with E-state index >= 15 is 0 Å². The second-order valence-electron chi connectivity index (χ2n) is 6.54. The van der Waals surface area contributed by atoms with Crippen LogP contribution in [0.4, 0.5) is 8.78 Å². The first-order valence-electron chi connectivity index (χ1n) is 9.03. The standard InChI is InChI=1S/C19H26F2N4.HI/c1-2-22-19(23-9-7-15-13-16(20)5-6-18(15)21)25-12-8-17(14-25)24-10-3-4-11-24;/h3-6,13,17H,2,7-12,14H2,1H3,(H,22,23);1H. The fourth-order valence-corrected chi connectivity index (χ4v) is 3.47. The fourth-order valence-electron chi connectivity index (χ4n) is 3.47. The first kappa shape index (κ1) is 21.1. The summed E-state index contributed by atoms with van der Waals surface area (Å²) in [6.07, 6.45) is 5.96. The quantitative estimate of drug-likeness (QED) is 0.307. The number of rotatable bonds is 5. The zero-order chi connectivity index (χ0) is 17.6. The highest BCUT2D eigenvalue weighted by Gasteiger charge is 2.29. The first-order valence-corrected chi connectivity index (χ1v) is 9.03. The van der Waals surface area contributed by atoms with Gasteiger partial charge in [0.2, 0.25) is 0 Å². The molecule has 2 aliphatic heterocycles. The zero-order valence-electron chi connectivity index (χ0n) is 15.1. The highest BCUT2D eigenvalue weighted by Crippen LogP contribution is 2.18. The molecule has 0 spiro atoms. The van der Waals surface area contributed by atoms with Gasteiger partial charge in [-0.05, 0) is 43.5 Å². The highest BCUT2D eigenvalue weighted by atomic mass is 127. The van der Waals surface area contributed by atoms with Crippen LogP contribution in [0, 0.1) is 11.6 Å². The van der Waals surface area contributed by atoms with E-state index in [9.17, 15) is 8.78 Å². The maximum absolute atomic E-state index is 13.7. The molecule has 0 bridgehead atoms. The minimum Gasteiger partial charge on any atom is -0.357 e. The van der Waals surface area contributed by atoms with Crippen LogP contribution in [-0.2, 0) is 6.42 Å². The minimum atomic E-state index is -0.408. The molecule has 0 radical (unpaired) electrons. The van der Waals surface area contributed by atoms with Gasteiger partial charge in [0.25, 0.3) is 0 Å². The van der Waals surface area contributed by atoms with Crippen LogP contribution < -0.4 is 5.32 Å². The van der Waals surface area contributed by atoms with E-state index in [2.05, 4.69) is 32.3 Å². The van der Waals surface area contributed by atoms with Crippen LogP contribution in [0.1, 0.15) is 18.9 Å². The summed E-state index contributed by atoms with van der Waals surface area (Å²) >= 11 is 0. The maximum atomic E-state index is 13.7. The third-order valence-corrected chi connectivity index (χ3v) is 4.81. The number of nitrogens with zero attached hydrogens (tertiary/aromatic N) is 3. The third kappa shape index (κ3) is 5.39.